The fourth-order valence-corrected chi connectivity index (χ4v) is 1.70. The zero-order valence-electron chi connectivity index (χ0n) is 4.85. The first kappa shape index (κ1) is 6.78. The third kappa shape index (κ3) is 1.32. The van der Waals surface area contributed by atoms with E-state index in [0.717, 1.165) is 16.7 Å². The SMILES string of the molecule is Cc1cc(Cl)sc1C=O. The fourth-order valence-electron chi connectivity index (χ4n) is 0.573. The second-order valence-corrected chi connectivity index (χ2v) is 3.43. The summed E-state index contributed by atoms with van der Waals surface area (Å²) >= 11 is 6.92. The van der Waals surface area contributed by atoms with E-state index in [-0.39, 0.29) is 0 Å². The molecule has 1 aromatic heterocycles. The molecule has 1 nitrogen and oxygen atoms in total. The first-order chi connectivity index (χ1) is 4.24. The number of aldehydes is 1. The fraction of sp³-hybridized carbons (Fsp3) is 0.167. The van der Waals surface area contributed by atoms with Crippen LogP contribution in [0.25, 0.3) is 0 Å². The first-order valence-corrected chi connectivity index (χ1v) is 3.64. The van der Waals surface area contributed by atoms with Gasteiger partial charge in [-0.1, -0.05) is 11.6 Å². The molecule has 0 radical (unpaired) electrons. The maximum absolute atomic E-state index is 10.2. The Hall–Kier alpha value is -0.340. The number of hydrogen-bond donors (Lipinski definition) is 0. The van der Waals surface area contributed by atoms with Gasteiger partial charge in [-0.2, -0.15) is 0 Å². The van der Waals surface area contributed by atoms with Crippen molar-refractivity contribution in [2.75, 3.05) is 0 Å². The van der Waals surface area contributed by atoms with Gasteiger partial charge in [0.25, 0.3) is 0 Å². The van der Waals surface area contributed by atoms with Gasteiger partial charge in [-0.15, -0.1) is 11.3 Å². The molecule has 0 aromatic carbocycles. The zero-order valence-corrected chi connectivity index (χ0v) is 6.42. The van der Waals surface area contributed by atoms with E-state index in [0.29, 0.717) is 4.34 Å². The van der Waals surface area contributed by atoms with Crippen LogP contribution in [-0.4, -0.2) is 6.29 Å². The van der Waals surface area contributed by atoms with Crippen LogP contribution in [0.3, 0.4) is 0 Å². The minimum absolute atomic E-state index is 0.676. The van der Waals surface area contributed by atoms with E-state index in [9.17, 15) is 4.79 Å². The number of carbonyl (C=O) groups is 1. The van der Waals surface area contributed by atoms with Crippen molar-refractivity contribution in [3.8, 4) is 0 Å². The normalized spacial score (nSPS) is 9.56. The summed E-state index contributed by atoms with van der Waals surface area (Å²) in [5, 5.41) is 0. The molecule has 0 N–H and O–H groups in total. The van der Waals surface area contributed by atoms with Gasteiger partial charge in [-0.05, 0) is 18.6 Å². The number of halogens is 1. The van der Waals surface area contributed by atoms with Crippen molar-refractivity contribution < 1.29 is 4.79 Å². The van der Waals surface area contributed by atoms with Crippen molar-refractivity contribution in [2.45, 2.75) is 6.92 Å². The van der Waals surface area contributed by atoms with Crippen LogP contribution in [-0.2, 0) is 0 Å². The quantitative estimate of drug-likeness (QED) is 0.577. The van der Waals surface area contributed by atoms with E-state index >= 15 is 0 Å². The predicted octanol–water partition coefficient (Wildman–Crippen LogP) is 2.52. The molecule has 3 heteroatoms. The molecule has 0 spiro atoms. The minimum Gasteiger partial charge on any atom is -0.297 e. The Bertz CT molecular complexity index is 229. The van der Waals surface area contributed by atoms with Gasteiger partial charge in [0, 0.05) is 0 Å². The summed E-state index contributed by atoms with van der Waals surface area (Å²) in [5.41, 5.74) is 0.958. The minimum atomic E-state index is 0.676. The lowest BCUT2D eigenvalue weighted by Gasteiger charge is -1.78. The molecule has 0 fully saturated rings. The molecule has 1 heterocycles. The Morgan fingerprint density at radius 1 is 1.78 bits per heavy atom. The van der Waals surface area contributed by atoms with Crippen molar-refractivity contribution in [3.63, 3.8) is 0 Å². The highest BCUT2D eigenvalue weighted by atomic mass is 35.5. The van der Waals surface area contributed by atoms with Crippen molar-refractivity contribution in [1.29, 1.82) is 0 Å². The Kier molecular flexibility index (Phi) is 1.88. The average molecular weight is 161 g/mol. The summed E-state index contributed by atoms with van der Waals surface area (Å²) in [7, 11) is 0. The van der Waals surface area contributed by atoms with Crippen LogP contribution in [0.15, 0.2) is 6.07 Å². The summed E-state index contributed by atoms with van der Waals surface area (Å²) in [6.45, 7) is 1.87. The molecule has 0 aliphatic rings. The monoisotopic (exact) mass is 160 g/mol. The molecule has 1 rings (SSSR count). The molecule has 0 atom stereocenters. The molecular formula is C6H5ClOS. The van der Waals surface area contributed by atoms with Crippen LogP contribution in [0.2, 0.25) is 4.34 Å². The van der Waals surface area contributed by atoms with Gasteiger partial charge in [0.1, 0.15) is 0 Å². The van der Waals surface area contributed by atoms with Gasteiger partial charge in [0.15, 0.2) is 6.29 Å². The van der Waals surface area contributed by atoms with E-state index in [1.807, 2.05) is 6.92 Å². The van der Waals surface area contributed by atoms with E-state index in [4.69, 9.17) is 11.6 Å². The van der Waals surface area contributed by atoms with Crippen molar-refractivity contribution in [1.82, 2.24) is 0 Å². The van der Waals surface area contributed by atoms with Gasteiger partial charge >= 0.3 is 0 Å². The standard InChI is InChI=1S/C6H5ClOS/c1-4-2-6(7)9-5(4)3-8/h2-3H,1H3. The highest BCUT2D eigenvalue weighted by Crippen LogP contribution is 2.23. The lowest BCUT2D eigenvalue weighted by atomic mass is 10.3. The molecule has 0 saturated heterocycles. The van der Waals surface area contributed by atoms with Crippen molar-refractivity contribution in [2.24, 2.45) is 0 Å². The van der Waals surface area contributed by atoms with E-state index in [1.165, 1.54) is 11.3 Å². The maximum Gasteiger partial charge on any atom is 0.160 e. The van der Waals surface area contributed by atoms with Crippen LogP contribution in [0.4, 0.5) is 0 Å². The summed E-state index contributed by atoms with van der Waals surface area (Å²) in [6.07, 6.45) is 0.825. The molecule has 0 unspecified atom stereocenters. The van der Waals surface area contributed by atoms with Gasteiger partial charge in [0.05, 0.1) is 9.21 Å². The van der Waals surface area contributed by atoms with Crippen LogP contribution in [0.1, 0.15) is 15.2 Å². The topological polar surface area (TPSA) is 17.1 Å². The van der Waals surface area contributed by atoms with Gasteiger partial charge in [-0.25, -0.2) is 0 Å². The summed E-state index contributed by atoms with van der Waals surface area (Å²) in [4.78, 5) is 10.9. The second kappa shape index (κ2) is 2.50. The van der Waals surface area contributed by atoms with Crippen LogP contribution in [0.5, 0.6) is 0 Å². The molecule has 0 saturated carbocycles. The number of aryl methyl sites for hydroxylation is 1. The van der Waals surface area contributed by atoms with Gasteiger partial charge < -0.3 is 0 Å². The number of hydrogen-bond acceptors (Lipinski definition) is 2. The number of carbonyl (C=O) groups excluding carboxylic acids is 1. The molecule has 0 amide bonds. The third-order valence-corrected chi connectivity index (χ3v) is 2.32. The lowest BCUT2D eigenvalue weighted by molar-refractivity contribution is 0.112. The molecule has 9 heavy (non-hydrogen) atoms. The Morgan fingerprint density at radius 2 is 2.44 bits per heavy atom. The Morgan fingerprint density at radius 3 is 2.67 bits per heavy atom. The number of thiophene rings is 1. The van der Waals surface area contributed by atoms with Gasteiger partial charge in [0.2, 0.25) is 0 Å². The van der Waals surface area contributed by atoms with E-state index in [1.54, 1.807) is 6.07 Å². The predicted molar refractivity (Wildman–Crippen MR) is 39.5 cm³/mol. The van der Waals surface area contributed by atoms with E-state index in [2.05, 4.69) is 0 Å². The van der Waals surface area contributed by atoms with Crippen LogP contribution < -0.4 is 0 Å². The second-order valence-electron chi connectivity index (χ2n) is 1.72. The lowest BCUT2D eigenvalue weighted by Crippen LogP contribution is -1.72. The van der Waals surface area contributed by atoms with Crippen LogP contribution in [0, 0.1) is 6.92 Å². The summed E-state index contributed by atoms with van der Waals surface area (Å²) in [5.74, 6) is 0. The maximum atomic E-state index is 10.2. The number of rotatable bonds is 1. The molecule has 0 aliphatic carbocycles. The Balaban J connectivity index is 3.15. The van der Waals surface area contributed by atoms with Crippen molar-refractivity contribution in [3.05, 3.63) is 20.8 Å². The molecule has 48 valence electrons. The molecule has 0 bridgehead atoms. The summed E-state index contributed by atoms with van der Waals surface area (Å²) in [6, 6.07) is 1.79. The highest BCUT2D eigenvalue weighted by Gasteiger charge is 2.00. The van der Waals surface area contributed by atoms with E-state index < -0.39 is 0 Å². The smallest absolute Gasteiger partial charge is 0.160 e. The first-order valence-electron chi connectivity index (χ1n) is 2.45. The molecular weight excluding hydrogens is 156 g/mol. The van der Waals surface area contributed by atoms with Gasteiger partial charge in [-0.3, -0.25) is 4.79 Å². The molecule has 0 aliphatic heterocycles. The molecule has 1 aromatic rings. The zero-order chi connectivity index (χ0) is 6.85. The van der Waals surface area contributed by atoms with Crippen LogP contribution >= 0.6 is 22.9 Å². The third-order valence-electron chi connectivity index (χ3n) is 1.03. The largest absolute Gasteiger partial charge is 0.297 e. The average Bonchev–Trinajstić information content (AvgIpc) is 2.10. The highest BCUT2D eigenvalue weighted by molar-refractivity contribution is 7.17. The van der Waals surface area contributed by atoms with Crippen molar-refractivity contribution >= 4 is 29.2 Å². The Labute approximate surface area is 62.3 Å². The summed E-state index contributed by atoms with van der Waals surface area (Å²) < 4.78 is 0.676.